The number of rotatable bonds is 5. The Kier molecular flexibility index (Phi) is 6.36. The number of ether oxygens (including phenoxy) is 2. The molecule has 4 nitrogen and oxygen atoms in total. The molecule has 0 saturated heterocycles. The zero-order chi connectivity index (χ0) is 17.6. The van der Waals surface area contributed by atoms with Crippen LogP contribution in [-0.4, -0.2) is 25.2 Å². The fraction of sp³-hybridized carbons (Fsp3) is 0.375. The average molecular weight is 330 g/mol. The first kappa shape index (κ1) is 18.7. The standard InChI is InChI=1S/C16H17F3O4/c1-4-22-14(20)13(15(21)23-5-2)10(3)11-6-8-12(9-7-11)16(17,18)19/h6-9H,4-5H2,1-3H3. The molecule has 0 aliphatic heterocycles. The molecule has 126 valence electrons. The zero-order valence-corrected chi connectivity index (χ0v) is 13.0. The van der Waals surface area contributed by atoms with Gasteiger partial charge in [0.15, 0.2) is 0 Å². The smallest absolute Gasteiger partial charge is 0.416 e. The third-order valence-corrected chi connectivity index (χ3v) is 2.98. The molecule has 0 heterocycles. The number of allylic oxidation sites excluding steroid dienone is 1. The molecule has 1 aromatic carbocycles. The summed E-state index contributed by atoms with van der Waals surface area (Å²) in [5, 5.41) is 0. The Labute approximate surface area is 131 Å². The molecule has 7 heteroatoms. The molecule has 1 aromatic rings. The minimum Gasteiger partial charge on any atom is -0.462 e. The van der Waals surface area contributed by atoms with Gasteiger partial charge in [-0.25, -0.2) is 9.59 Å². The lowest BCUT2D eigenvalue weighted by molar-refractivity contribution is -0.146. The van der Waals surface area contributed by atoms with Crippen LogP contribution >= 0.6 is 0 Å². The van der Waals surface area contributed by atoms with Crippen LogP contribution in [-0.2, 0) is 25.2 Å². The maximum Gasteiger partial charge on any atom is 0.416 e. The second kappa shape index (κ2) is 7.80. The Bertz CT molecular complexity index is 581. The Morgan fingerprint density at radius 3 is 1.74 bits per heavy atom. The summed E-state index contributed by atoms with van der Waals surface area (Å²) in [5.74, 6) is -1.74. The van der Waals surface area contributed by atoms with Crippen LogP contribution in [0.4, 0.5) is 13.2 Å². The van der Waals surface area contributed by atoms with E-state index in [9.17, 15) is 22.8 Å². The molecule has 0 saturated carbocycles. The second-order valence-corrected chi connectivity index (χ2v) is 4.52. The molecule has 0 bridgehead atoms. The van der Waals surface area contributed by atoms with E-state index < -0.39 is 23.7 Å². The van der Waals surface area contributed by atoms with Gasteiger partial charge in [0.1, 0.15) is 5.57 Å². The van der Waals surface area contributed by atoms with Gasteiger partial charge in [0.25, 0.3) is 0 Å². The monoisotopic (exact) mass is 330 g/mol. The van der Waals surface area contributed by atoms with Crippen LogP contribution in [0.15, 0.2) is 29.8 Å². The molecular formula is C16H17F3O4. The maximum absolute atomic E-state index is 12.6. The van der Waals surface area contributed by atoms with E-state index in [1.807, 2.05) is 0 Å². The summed E-state index contributed by atoms with van der Waals surface area (Å²) in [6, 6.07) is 4.15. The van der Waals surface area contributed by atoms with E-state index in [1.54, 1.807) is 13.8 Å². The molecule has 0 amide bonds. The van der Waals surface area contributed by atoms with Gasteiger partial charge in [-0.05, 0) is 44.0 Å². The zero-order valence-electron chi connectivity index (χ0n) is 13.0. The molecule has 1 rings (SSSR count). The lowest BCUT2D eigenvalue weighted by atomic mass is 10.00. The van der Waals surface area contributed by atoms with E-state index in [-0.39, 0.29) is 24.4 Å². The quantitative estimate of drug-likeness (QED) is 0.358. The van der Waals surface area contributed by atoms with Crippen LogP contribution < -0.4 is 0 Å². The number of carbonyl (C=O) groups excluding carboxylic acids is 2. The van der Waals surface area contributed by atoms with Crippen molar-refractivity contribution in [3.05, 3.63) is 41.0 Å². The van der Waals surface area contributed by atoms with E-state index in [4.69, 9.17) is 9.47 Å². The first-order chi connectivity index (χ1) is 10.7. The van der Waals surface area contributed by atoms with Crippen LogP contribution in [0.5, 0.6) is 0 Å². The molecule has 0 fully saturated rings. The maximum atomic E-state index is 12.6. The highest BCUT2D eigenvalue weighted by Crippen LogP contribution is 2.30. The summed E-state index contributed by atoms with van der Waals surface area (Å²) >= 11 is 0. The van der Waals surface area contributed by atoms with E-state index in [2.05, 4.69) is 0 Å². The molecule has 23 heavy (non-hydrogen) atoms. The first-order valence-corrected chi connectivity index (χ1v) is 6.95. The summed E-state index contributed by atoms with van der Waals surface area (Å²) in [6.45, 7) is 4.72. The molecular weight excluding hydrogens is 313 g/mol. The molecule has 0 atom stereocenters. The lowest BCUT2D eigenvalue weighted by Crippen LogP contribution is -2.19. The first-order valence-electron chi connectivity index (χ1n) is 6.95. The van der Waals surface area contributed by atoms with Crippen molar-refractivity contribution in [1.29, 1.82) is 0 Å². The summed E-state index contributed by atoms with van der Waals surface area (Å²) in [4.78, 5) is 23.9. The van der Waals surface area contributed by atoms with Gasteiger partial charge >= 0.3 is 18.1 Å². The van der Waals surface area contributed by atoms with Gasteiger partial charge in [-0.3, -0.25) is 0 Å². The summed E-state index contributed by atoms with van der Waals surface area (Å²) in [5.41, 5.74) is -0.652. The topological polar surface area (TPSA) is 52.6 Å². The Morgan fingerprint density at radius 2 is 1.39 bits per heavy atom. The number of hydrogen-bond donors (Lipinski definition) is 0. The van der Waals surface area contributed by atoms with Crippen LogP contribution in [0.3, 0.4) is 0 Å². The predicted molar refractivity (Wildman–Crippen MR) is 77.3 cm³/mol. The SMILES string of the molecule is CCOC(=O)C(C(=O)OCC)=C(C)c1ccc(C(F)(F)F)cc1. The molecule has 0 aliphatic carbocycles. The van der Waals surface area contributed by atoms with Crippen LogP contribution in [0.25, 0.3) is 5.57 Å². The van der Waals surface area contributed by atoms with Crippen molar-refractivity contribution in [2.45, 2.75) is 26.9 Å². The second-order valence-electron chi connectivity index (χ2n) is 4.52. The van der Waals surface area contributed by atoms with E-state index >= 15 is 0 Å². The Balaban J connectivity index is 3.28. The summed E-state index contributed by atoms with van der Waals surface area (Å²) in [6.07, 6.45) is -4.46. The highest BCUT2D eigenvalue weighted by molar-refractivity contribution is 6.19. The third kappa shape index (κ3) is 4.84. The predicted octanol–water partition coefficient (Wildman–Crippen LogP) is 3.61. The normalized spacial score (nSPS) is 10.9. The van der Waals surface area contributed by atoms with Crippen molar-refractivity contribution in [1.82, 2.24) is 0 Å². The lowest BCUT2D eigenvalue weighted by Gasteiger charge is -2.12. The average Bonchev–Trinajstić information content (AvgIpc) is 2.47. The van der Waals surface area contributed by atoms with Gasteiger partial charge in [0, 0.05) is 0 Å². The van der Waals surface area contributed by atoms with Gasteiger partial charge in [0.2, 0.25) is 0 Å². The van der Waals surface area contributed by atoms with Gasteiger partial charge in [0.05, 0.1) is 18.8 Å². The van der Waals surface area contributed by atoms with Crippen molar-refractivity contribution in [2.24, 2.45) is 0 Å². The summed E-state index contributed by atoms with van der Waals surface area (Å²) < 4.78 is 47.4. The van der Waals surface area contributed by atoms with Crippen molar-refractivity contribution in [2.75, 3.05) is 13.2 Å². The van der Waals surface area contributed by atoms with Crippen molar-refractivity contribution in [3.8, 4) is 0 Å². The van der Waals surface area contributed by atoms with Gasteiger partial charge in [-0.15, -0.1) is 0 Å². The Hall–Kier alpha value is -2.31. The fourth-order valence-electron chi connectivity index (χ4n) is 1.85. The van der Waals surface area contributed by atoms with Crippen LogP contribution in [0.1, 0.15) is 31.9 Å². The molecule has 0 aromatic heterocycles. The highest BCUT2D eigenvalue weighted by Gasteiger charge is 2.30. The fourth-order valence-corrected chi connectivity index (χ4v) is 1.85. The van der Waals surface area contributed by atoms with Crippen LogP contribution in [0, 0.1) is 0 Å². The molecule has 0 unspecified atom stereocenters. The molecule has 0 spiro atoms. The van der Waals surface area contributed by atoms with E-state index in [0.717, 1.165) is 12.1 Å². The number of esters is 2. The summed E-state index contributed by atoms with van der Waals surface area (Å²) in [7, 11) is 0. The van der Waals surface area contributed by atoms with Crippen LogP contribution in [0.2, 0.25) is 0 Å². The minimum atomic E-state index is -4.46. The third-order valence-electron chi connectivity index (χ3n) is 2.98. The van der Waals surface area contributed by atoms with Gasteiger partial charge in [-0.1, -0.05) is 12.1 Å². The number of benzene rings is 1. The van der Waals surface area contributed by atoms with Gasteiger partial charge in [-0.2, -0.15) is 13.2 Å². The minimum absolute atomic E-state index is 0.0576. The van der Waals surface area contributed by atoms with Crippen molar-refractivity contribution in [3.63, 3.8) is 0 Å². The highest BCUT2D eigenvalue weighted by atomic mass is 19.4. The molecule has 0 aliphatic rings. The number of hydrogen-bond acceptors (Lipinski definition) is 4. The number of halogens is 3. The number of carbonyl (C=O) groups is 2. The Morgan fingerprint density at radius 1 is 0.957 bits per heavy atom. The van der Waals surface area contributed by atoms with E-state index in [0.29, 0.717) is 5.56 Å². The largest absolute Gasteiger partial charge is 0.462 e. The van der Waals surface area contributed by atoms with Gasteiger partial charge < -0.3 is 9.47 Å². The van der Waals surface area contributed by atoms with Crippen molar-refractivity contribution < 1.29 is 32.2 Å². The van der Waals surface area contributed by atoms with Crippen molar-refractivity contribution >= 4 is 17.5 Å². The number of alkyl halides is 3. The molecule has 0 N–H and O–H groups in total. The van der Waals surface area contributed by atoms with E-state index in [1.165, 1.54) is 19.1 Å². The molecule has 0 radical (unpaired) electrons.